The van der Waals surface area contributed by atoms with Crippen molar-refractivity contribution in [3.63, 3.8) is 0 Å². The van der Waals surface area contributed by atoms with Crippen molar-refractivity contribution in [3.05, 3.63) is 48.0 Å². The van der Waals surface area contributed by atoms with Crippen LogP contribution in [0.25, 0.3) is 0 Å². The third-order valence-corrected chi connectivity index (χ3v) is 3.95. The van der Waals surface area contributed by atoms with Gasteiger partial charge in [0.15, 0.2) is 18.0 Å². The molecule has 6 heteroatoms. The van der Waals surface area contributed by atoms with Crippen LogP contribution in [0.2, 0.25) is 0 Å². The first-order chi connectivity index (χ1) is 13.0. The number of ether oxygens (including phenoxy) is 3. The van der Waals surface area contributed by atoms with E-state index in [1.165, 1.54) is 0 Å². The van der Waals surface area contributed by atoms with Crippen LogP contribution in [0.15, 0.2) is 42.5 Å². The Balaban J connectivity index is 1.92. The fourth-order valence-corrected chi connectivity index (χ4v) is 2.76. The smallest absolute Gasteiger partial charge is 0.279 e. The zero-order valence-electron chi connectivity index (χ0n) is 16.5. The highest BCUT2D eigenvalue weighted by molar-refractivity contribution is 5.91. The second-order valence-corrected chi connectivity index (χ2v) is 6.23. The van der Waals surface area contributed by atoms with Gasteiger partial charge in [0.2, 0.25) is 0 Å². The molecule has 1 unspecified atom stereocenters. The molecule has 0 aliphatic rings. The lowest BCUT2D eigenvalue weighted by atomic mass is 10.2. The summed E-state index contributed by atoms with van der Waals surface area (Å²) in [4.78, 5) is 13.5. The number of hydrogen-bond acceptors (Lipinski definition) is 4. The van der Waals surface area contributed by atoms with Gasteiger partial charge < -0.3 is 24.4 Å². The van der Waals surface area contributed by atoms with Gasteiger partial charge in [0.25, 0.3) is 5.91 Å². The number of carbonyl (C=O) groups is 1. The minimum atomic E-state index is -0.0485. The lowest BCUT2D eigenvalue weighted by Crippen LogP contribution is -3.08. The molecule has 27 heavy (non-hydrogen) atoms. The molecule has 2 rings (SSSR count). The zero-order chi connectivity index (χ0) is 19.6. The van der Waals surface area contributed by atoms with E-state index in [1.807, 2.05) is 57.3 Å². The topological polar surface area (TPSA) is 61.2 Å². The molecule has 0 bridgehead atoms. The van der Waals surface area contributed by atoms with Crippen molar-refractivity contribution < 1.29 is 23.9 Å². The second-order valence-electron chi connectivity index (χ2n) is 6.23. The van der Waals surface area contributed by atoms with Gasteiger partial charge in [-0.25, -0.2) is 0 Å². The van der Waals surface area contributed by atoms with Gasteiger partial charge in [0.05, 0.1) is 27.4 Å². The third-order valence-electron chi connectivity index (χ3n) is 3.95. The molecule has 0 heterocycles. The van der Waals surface area contributed by atoms with Gasteiger partial charge in [0, 0.05) is 17.3 Å². The lowest BCUT2D eigenvalue weighted by Gasteiger charge is -2.15. The average molecular weight is 373 g/mol. The molecule has 0 aliphatic carbocycles. The van der Waals surface area contributed by atoms with Crippen LogP contribution in [0, 0.1) is 0 Å². The lowest BCUT2D eigenvalue weighted by molar-refractivity contribution is -0.885. The number of anilines is 1. The van der Waals surface area contributed by atoms with E-state index in [2.05, 4.69) is 5.32 Å². The molecular formula is C21H29N2O4+. The van der Waals surface area contributed by atoms with Gasteiger partial charge in [-0.1, -0.05) is 0 Å². The summed E-state index contributed by atoms with van der Waals surface area (Å²) in [6.45, 7) is 6.05. The molecule has 1 amide bonds. The first-order valence-corrected chi connectivity index (χ1v) is 9.19. The third kappa shape index (κ3) is 6.49. The van der Waals surface area contributed by atoms with Crippen LogP contribution in [-0.4, -0.2) is 39.8 Å². The monoisotopic (exact) mass is 373 g/mol. The van der Waals surface area contributed by atoms with Crippen LogP contribution < -0.4 is 24.4 Å². The van der Waals surface area contributed by atoms with Crippen LogP contribution >= 0.6 is 0 Å². The minimum absolute atomic E-state index is 0.0485. The molecule has 0 spiro atoms. The molecule has 2 aromatic rings. The van der Waals surface area contributed by atoms with Gasteiger partial charge in [-0.3, -0.25) is 4.79 Å². The largest absolute Gasteiger partial charge is 0.497 e. The SMILES string of the molecule is CCOc1ccc(NC(=O)C[NH+](C)Cc2ccc(OC)cc2)cc1OCC. The van der Waals surface area contributed by atoms with E-state index in [4.69, 9.17) is 14.2 Å². The van der Waals surface area contributed by atoms with E-state index in [9.17, 15) is 4.79 Å². The minimum Gasteiger partial charge on any atom is -0.497 e. The van der Waals surface area contributed by atoms with Crippen LogP contribution in [0.1, 0.15) is 19.4 Å². The Bertz CT molecular complexity index is 731. The highest BCUT2D eigenvalue weighted by Gasteiger charge is 2.13. The van der Waals surface area contributed by atoms with Gasteiger partial charge in [0.1, 0.15) is 12.3 Å². The molecule has 0 aliphatic heterocycles. The summed E-state index contributed by atoms with van der Waals surface area (Å²) < 4.78 is 16.3. The van der Waals surface area contributed by atoms with Crippen molar-refractivity contribution in [1.29, 1.82) is 0 Å². The number of benzene rings is 2. The molecule has 0 saturated carbocycles. The molecule has 0 saturated heterocycles. The van der Waals surface area contributed by atoms with E-state index in [-0.39, 0.29) is 5.91 Å². The molecule has 0 radical (unpaired) electrons. The fourth-order valence-electron chi connectivity index (χ4n) is 2.76. The molecule has 146 valence electrons. The van der Waals surface area contributed by atoms with Crippen LogP contribution in [0.3, 0.4) is 0 Å². The van der Waals surface area contributed by atoms with E-state index in [0.717, 1.165) is 22.8 Å². The molecule has 0 fully saturated rings. The molecule has 0 aromatic heterocycles. The Morgan fingerprint density at radius 1 is 1.00 bits per heavy atom. The summed E-state index contributed by atoms with van der Waals surface area (Å²) in [6.07, 6.45) is 0. The van der Waals surface area contributed by atoms with Crippen molar-refractivity contribution in [3.8, 4) is 17.2 Å². The maximum Gasteiger partial charge on any atom is 0.279 e. The number of methoxy groups -OCH3 is 1. The fraction of sp³-hybridized carbons (Fsp3) is 0.381. The zero-order valence-corrected chi connectivity index (χ0v) is 16.5. The number of likely N-dealkylation sites (N-methyl/N-ethyl adjacent to an activating group) is 1. The van der Waals surface area contributed by atoms with Gasteiger partial charge >= 0.3 is 0 Å². The Morgan fingerprint density at radius 3 is 2.30 bits per heavy atom. The number of hydrogen-bond donors (Lipinski definition) is 2. The average Bonchev–Trinajstić information content (AvgIpc) is 2.64. The van der Waals surface area contributed by atoms with Crippen molar-refractivity contribution in [1.82, 2.24) is 0 Å². The molecular weight excluding hydrogens is 344 g/mol. The van der Waals surface area contributed by atoms with Crippen LogP contribution in [-0.2, 0) is 11.3 Å². The standard InChI is InChI=1S/C21H28N2O4/c1-5-26-19-12-9-17(13-20(19)27-6-2)22-21(24)15-23(3)14-16-7-10-18(25-4)11-8-16/h7-13H,5-6,14-15H2,1-4H3,(H,22,24)/p+1. The number of amides is 1. The highest BCUT2D eigenvalue weighted by atomic mass is 16.5. The highest BCUT2D eigenvalue weighted by Crippen LogP contribution is 2.30. The summed E-state index contributed by atoms with van der Waals surface area (Å²) in [5.41, 5.74) is 1.85. The summed E-state index contributed by atoms with van der Waals surface area (Å²) in [7, 11) is 3.64. The molecule has 6 nitrogen and oxygen atoms in total. The van der Waals surface area contributed by atoms with Gasteiger partial charge in [-0.2, -0.15) is 0 Å². The van der Waals surface area contributed by atoms with Crippen molar-refractivity contribution in [2.24, 2.45) is 0 Å². The number of nitrogens with one attached hydrogen (secondary N) is 2. The van der Waals surface area contributed by atoms with Gasteiger partial charge in [-0.05, 0) is 50.2 Å². The Morgan fingerprint density at radius 2 is 1.67 bits per heavy atom. The summed E-state index contributed by atoms with van der Waals surface area (Å²) in [5, 5.41) is 2.93. The predicted molar refractivity (Wildman–Crippen MR) is 106 cm³/mol. The number of carbonyl (C=O) groups excluding carboxylic acids is 1. The maximum atomic E-state index is 12.4. The Kier molecular flexibility index (Phi) is 7.95. The van der Waals surface area contributed by atoms with E-state index in [0.29, 0.717) is 36.9 Å². The van der Waals surface area contributed by atoms with Crippen molar-refractivity contribution in [2.45, 2.75) is 20.4 Å². The van der Waals surface area contributed by atoms with Crippen molar-refractivity contribution >= 4 is 11.6 Å². The quantitative estimate of drug-likeness (QED) is 0.670. The Labute approximate surface area is 161 Å². The maximum absolute atomic E-state index is 12.4. The normalized spacial score (nSPS) is 11.6. The van der Waals surface area contributed by atoms with Crippen molar-refractivity contribution in [2.75, 3.05) is 39.2 Å². The first-order valence-electron chi connectivity index (χ1n) is 9.19. The second kappa shape index (κ2) is 10.4. The first kappa shape index (κ1) is 20.6. The van der Waals surface area contributed by atoms with E-state index >= 15 is 0 Å². The van der Waals surface area contributed by atoms with E-state index in [1.54, 1.807) is 13.2 Å². The number of quaternary nitrogens is 1. The van der Waals surface area contributed by atoms with E-state index < -0.39 is 0 Å². The molecule has 2 N–H and O–H groups in total. The molecule has 1 atom stereocenters. The Hall–Kier alpha value is -2.73. The predicted octanol–water partition coefficient (Wildman–Crippen LogP) is 2.15. The summed E-state index contributed by atoms with van der Waals surface area (Å²) in [5.74, 6) is 2.10. The van der Waals surface area contributed by atoms with Gasteiger partial charge in [-0.15, -0.1) is 0 Å². The van der Waals surface area contributed by atoms with Crippen LogP contribution in [0.4, 0.5) is 5.69 Å². The number of rotatable bonds is 10. The summed E-state index contributed by atoms with van der Waals surface area (Å²) >= 11 is 0. The molecule has 2 aromatic carbocycles. The summed E-state index contributed by atoms with van der Waals surface area (Å²) in [6, 6.07) is 13.3. The van der Waals surface area contributed by atoms with Crippen LogP contribution in [0.5, 0.6) is 17.2 Å².